The maximum Gasteiger partial charge on any atom is 0.236 e. The molecule has 2 aliphatic carbocycles. The van der Waals surface area contributed by atoms with E-state index in [9.17, 15) is 0 Å². The molecule has 62 heavy (non-hydrogen) atoms. The average molecular weight is 791 g/mol. The third kappa shape index (κ3) is 4.31. The zero-order chi connectivity index (χ0) is 40.5. The highest BCUT2D eigenvalue weighted by Crippen LogP contribution is 2.63. The van der Waals surface area contributed by atoms with Crippen molar-refractivity contribution in [2.24, 2.45) is 0 Å². The standard InChI is InChI=1S/C57H34N4O/c1-2-16-36(17-3-1)60-49-27-13-8-21-41(49)42-32-33-51-55(54(42)60)62-52-29-15-14-28-50(52)61(51)56-58-48-26-12-7-22-43(48)53(59-56)35-30-31-40-39-20-6-11-25-46(39)57(47(40)34-35)44-23-9-4-18-37(44)38-19-5-10-24-45(38)57/h1-34H. The number of ether oxygens (including phenoxy) is 1. The van der Waals surface area contributed by atoms with E-state index in [4.69, 9.17) is 14.7 Å². The minimum atomic E-state index is -0.467. The molecule has 0 fully saturated rings. The van der Waals surface area contributed by atoms with E-state index in [0.717, 1.165) is 72.5 Å². The second-order valence-corrected chi connectivity index (χ2v) is 16.4. The Labute approximate surface area is 357 Å². The lowest BCUT2D eigenvalue weighted by molar-refractivity contribution is 0.480. The summed E-state index contributed by atoms with van der Waals surface area (Å²) in [4.78, 5) is 13.2. The van der Waals surface area contributed by atoms with Crippen molar-refractivity contribution < 1.29 is 4.74 Å². The fourth-order valence-electron chi connectivity index (χ4n) is 10.9. The van der Waals surface area contributed by atoms with Crippen molar-refractivity contribution in [3.63, 3.8) is 0 Å². The normalized spacial score (nSPS) is 13.7. The van der Waals surface area contributed by atoms with Gasteiger partial charge in [0.2, 0.25) is 5.95 Å². The highest BCUT2D eigenvalue weighted by atomic mass is 16.5. The first-order chi connectivity index (χ1) is 30.8. The number of rotatable bonds is 3. The van der Waals surface area contributed by atoms with Crippen molar-refractivity contribution in [3.05, 3.63) is 229 Å². The molecule has 14 rings (SSSR count). The lowest BCUT2D eigenvalue weighted by Gasteiger charge is -2.32. The van der Waals surface area contributed by atoms with Crippen molar-refractivity contribution in [1.29, 1.82) is 0 Å². The van der Waals surface area contributed by atoms with Crippen LogP contribution in [0, 0.1) is 0 Å². The maximum atomic E-state index is 7.01. The molecule has 0 saturated carbocycles. The monoisotopic (exact) mass is 790 g/mol. The molecule has 1 aliphatic heterocycles. The second-order valence-electron chi connectivity index (χ2n) is 16.4. The van der Waals surface area contributed by atoms with Gasteiger partial charge >= 0.3 is 0 Å². The number of para-hydroxylation sites is 5. The Morgan fingerprint density at radius 3 is 1.81 bits per heavy atom. The SMILES string of the molecule is c1ccc(-n2c3ccccc3c3ccc4c(c32)Oc2ccccc2N4c2nc(-c3ccc4c(c3)C3(c5ccccc5-c5ccccc53)c3ccccc3-4)c3ccccc3n2)cc1. The molecule has 0 N–H and O–H groups in total. The quantitative estimate of drug-likeness (QED) is 0.179. The smallest absolute Gasteiger partial charge is 0.236 e. The number of benzene rings is 9. The number of nitrogens with zero attached hydrogens (tertiary/aromatic N) is 4. The van der Waals surface area contributed by atoms with Gasteiger partial charge in [-0.15, -0.1) is 0 Å². The Hall–Kier alpha value is -8.28. The van der Waals surface area contributed by atoms with Crippen LogP contribution in [0.3, 0.4) is 0 Å². The first-order valence-electron chi connectivity index (χ1n) is 21.2. The van der Waals surface area contributed by atoms with Gasteiger partial charge in [0.25, 0.3) is 0 Å². The third-order valence-corrected chi connectivity index (χ3v) is 13.4. The predicted octanol–water partition coefficient (Wildman–Crippen LogP) is 14.3. The predicted molar refractivity (Wildman–Crippen MR) is 250 cm³/mol. The van der Waals surface area contributed by atoms with Gasteiger partial charge in [-0.2, -0.15) is 0 Å². The number of aromatic nitrogens is 3. The van der Waals surface area contributed by atoms with E-state index in [2.05, 4.69) is 204 Å². The van der Waals surface area contributed by atoms with E-state index in [0.29, 0.717) is 5.95 Å². The number of anilines is 3. The van der Waals surface area contributed by atoms with Crippen molar-refractivity contribution in [1.82, 2.24) is 14.5 Å². The summed E-state index contributed by atoms with van der Waals surface area (Å²) in [7, 11) is 0. The van der Waals surface area contributed by atoms with E-state index < -0.39 is 5.41 Å². The zero-order valence-electron chi connectivity index (χ0n) is 33.3. The largest absolute Gasteiger partial charge is 0.451 e. The van der Waals surface area contributed by atoms with Crippen LogP contribution in [-0.4, -0.2) is 14.5 Å². The number of fused-ring (bicyclic) bond motifs is 17. The Morgan fingerprint density at radius 1 is 0.435 bits per heavy atom. The molecule has 9 aromatic carbocycles. The molecule has 0 amide bonds. The van der Waals surface area contributed by atoms with E-state index in [-0.39, 0.29) is 0 Å². The first-order valence-corrected chi connectivity index (χ1v) is 21.2. The molecule has 0 bridgehead atoms. The van der Waals surface area contributed by atoms with Gasteiger partial charge in [0.05, 0.1) is 39.0 Å². The summed E-state index contributed by atoms with van der Waals surface area (Å²) < 4.78 is 9.33. The van der Waals surface area contributed by atoms with Gasteiger partial charge in [-0.1, -0.05) is 152 Å². The van der Waals surface area contributed by atoms with E-state index in [1.54, 1.807) is 0 Å². The van der Waals surface area contributed by atoms with Crippen LogP contribution in [0.1, 0.15) is 22.3 Å². The van der Waals surface area contributed by atoms with Gasteiger partial charge in [-0.25, -0.2) is 9.97 Å². The van der Waals surface area contributed by atoms with Crippen LogP contribution in [0.25, 0.3) is 71.9 Å². The summed E-state index contributed by atoms with van der Waals surface area (Å²) >= 11 is 0. The van der Waals surface area contributed by atoms with Gasteiger partial charge in [0, 0.05) is 27.4 Å². The highest BCUT2D eigenvalue weighted by Gasteiger charge is 2.51. The first kappa shape index (κ1) is 33.5. The average Bonchev–Trinajstić information content (AvgIpc) is 3.95. The Balaban J connectivity index is 1.03. The number of hydrogen-bond donors (Lipinski definition) is 0. The van der Waals surface area contributed by atoms with Crippen LogP contribution in [0.4, 0.5) is 17.3 Å². The lowest BCUT2D eigenvalue weighted by atomic mass is 9.70. The third-order valence-electron chi connectivity index (χ3n) is 13.4. The molecule has 288 valence electrons. The molecule has 0 saturated heterocycles. The van der Waals surface area contributed by atoms with Crippen molar-refractivity contribution in [2.45, 2.75) is 5.41 Å². The summed E-state index contributed by atoms with van der Waals surface area (Å²) in [5.41, 5.74) is 17.6. The molecule has 0 atom stereocenters. The molecule has 1 spiro atoms. The van der Waals surface area contributed by atoms with Crippen LogP contribution in [0.5, 0.6) is 11.5 Å². The lowest BCUT2D eigenvalue weighted by Crippen LogP contribution is -2.25. The van der Waals surface area contributed by atoms with Gasteiger partial charge in [-0.3, -0.25) is 4.90 Å². The molecule has 3 aliphatic rings. The van der Waals surface area contributed by atoms with Crippen molar-refractivity contribution >= 4 is 50.0 Å². The summed E-state index contributed by atoms with van der Waals surface area (Å²) in [6, 6.07) is 74.0. The molecule has 11 aromatic rings. The van der Waals surface area contributed by atoms with E-state index >= 15 is 0 Å². The molecule has 2 aromatic heterocycles. The molecule has 5 nitrogen and oxygen atoms in total. The van der Waals surface area contributed by atoms with Crippen LogP contribution in [0.15, 0.2) is 206 Å². The summed E-state index contributed by atoms with van der Waals surface area (Å²) in [6.07, 6.45) is 0. The van der Waals surface area contributed by atoms with Crippen LogP contribution in [-0.2, 0) is 5.41 Å². The molecular weight excluding hydrogens is 757 g/mol. The van der Waals surface area contributed by atoms with Crippen LogP contribution >= 0.6 is 0 Å². The van der Waals surface area contributed by atoms with E-state index in [1.165, 1.54) is 44.5 Å². The molecule has 5 heteroatoms. The summed E-state index contributed by atoms with van der Waals surface area (Å²) in [5, 5.41) is 3.27. The van der Waals surface area contributed by atoms with Crippen LogP contribution < -0.4 is 9.64 Å². The summed E-state index contributed by atoms with van der Waals surface area (Å²) in [5.74, 6) is 2.08. The van der Waals surface area contributed by atoms with Gasteiger partial charge < -0.3 is 9.30 Å². The second kappa shape index (κ2) is 12.4. The maximum absolute atomic E-state index is 7.01. The van der Waals surface area contributed by atoms with Crippen molar-refractivity contribution in [3.8, 4) is 50.7 Å². The Morgan fingerprint density at radius 2 is 1.05 bits per heavy atom. The zero-order valence-corrected chi connectivity index (χ0v) is 33.3. The van der Waals surface area contributed by atoms with Crippen molar-refractivity contribution in [2.75, 3.05) is 4.90 Å². The summed E-state index contributed by atoms with van der Waals surface area (Å²) in [6.45, 7) is 0. The topological polar surface area (TPSA) is 43.2 Å². The highest BCUT2D eigenvalue weighted by molar-refractivity contribution is 6.14. The molecular formula is C57H34N4O. The molecule has 0 radical (unpaired) electrons. The fourth-order valence-corrected chi connectivity index (χ4v) is 10.9. The molecule has 0 unspecified atom stereocenters. The van der Waals surface area contributed by atoms with Gasteiger partial charge in [0.15, 0.2) is 11.5 Å². The van der Waals surface area contributed by atoms with Crippen LogP contribution in [0.2, 0.25) is 0 Å². The minimum absolute atomic E-state index is 0.467. The molecule has 3 heterocycles. The van der Waals surface area contributed by atoms with Gasteiger partial charge in [0.1, 0.15) is 0 Å². The Kier molecular flexibility index (Phi) is 6.70. The minimum Gasteiger partial charge on any atom is -0.451 e. The van der Waals surface area contributed by atoms with E-state index in [1.807, 2.05) is 12.1 Å². The van der Waals surface area contributed by atoms with Gasteiger partial charge in [-0.05, 0) is 99.1 Å². The fraction of sp³-hybridized carbons (Fsp3) is 0.0175. The Bertz CT molecular complexity index is 3640. The number of hydrogen-bond acceptors (Lipinski definition) is 4.